The van der Waals surface area contributed by atoms with Crippen LogP contribution in [0.3, 0.4) is 0 Å². The van der Waals surface area contributed by atoms with Crippen molar-refractivity contribution in [1.82, 2.24) is 0 Å². The van der Waals surface area contributed by atoms with Crippen molar-refractivity contribution in [2.75, 3.05) is 20.3 Å². The minimum absolute atomic E-state index is 0.132. The first-order valence-electron chi connectivity index (χ1n) is 20.2. The van der Waals surface area contributed by atoms with Crippen LogP contribution in [-0.2, 0) is 92.9 Å². The van der Waals surface area contributed by atoms with Crippen LogP contribution in [0, 0.1) is 0 Å². The Hall–Kier alpha value is -5.03. The molecule has 0 aliphatic carbocycles. The Bertz CT molecular complexity index is 1920. The molecule has 2 heterocycles. The summed E-state index contributed by atoms with van der Waals surface area (Å²) in [5.41, 5.74) is 3.78. The molecule has 2 fully saturated rings. The van der Waals surface area contributed by atoms with Crippen LogP contribution in [-0.4, -0.2) is 99.6 Å². The summed E-state index contributed by atoms with van der Waals surface area (Å²) in [5.74, 6) is -2.09. The summed E-state index contributed by atoms with van der Waals surface area (Å²) in [7, 11) is 1.35. The maximum atomic E-state index is 12.5. The number of hydrogen-bond donors (Lipinski definition) is 0. The maximum absolute atomic E-state index is 12.5. The summed E-state index contributed by atoms with van der Waals surface area (Å²) in [6.07, 6.45) is -10.4. The lowest BCUT2D eigenvalue weighted by Gasteiger charge is -2.44. The summed E-state index contributed by atoms with van der Waals surface area (Å²) < 4.78 is 68.3. The Morgan fingerprint density at radius 1 is 0.508 bits per heavy atom. The second kappa shape index (κ2) is 23.3. The number of methoxy groups -OCH3 is 1. The molecule has 14 heteroatoms. The van der Waals surface area contributed by atoms with Gasteiger partial charge in [-0.3, -0.25) is 14.4 Å². The Kier molecular flexibility index (Phi) is 17.3. The number of carbonyl (C=O) groups is 3. The molecule has 0 spiro atoms. The van der Waals surface area contributed by atoms with Gasteiger partial charge in [0.05, 0.1) is 39.6 Å². The van der Waals surface area contributed by atoms with Crippen molar-refractivity contribution in [3.8, 4) is 0 Å². The van der Waals surface area contributed by atoms with E-state index >= 15 is 0 Å². The van der Waals surface area contributed by atoms with Gasteiger partial charge in [0.1, 0.15) is 30.5 Å². The van der Waals surface area contributed by atoms with Gasteiger partial charge in [-0.2, -0.15) is 0 Å². The normalized spacial score (nSPS) is 25.3. The van der Waals surface area contributed by atoms with E-state index < -0.39 is 79.3 Å². The first-order valence-corrected chi connectivity index (χ1v) is 20.2. The minimum Gasteiger partial charge on any atom is -0.456 e. The van der Waals surface area contributed by atoms with Gasteiger partial charge in [-0.25, -0.2) is 0 Å². The molecule has 4 aromatic rings. The minimum atomic E-state index is -1.31. The van der Waals surface area contributed by atoms with E-state index in [4.69, 9.17) is 52.1 Å². The standard InChI is InChI=1S/C47H54O14/c1-31(48)57-41-39(60-46(51-4)45(59-33(3)50)43(41)58-32(2)49)30-56-47-44(55-28-37-23-15-8-16-24-37)42(54-27-36-21-13-7-14-22-36)40(61-47)38(53-26-35-19-11-6-12-20-35)29-52-25-34-17-9-5-10-18-34/h5-24,38-47H,25-30H2,1-4H3/t38-,39-,40-,41-,42+,43+,44-,45-,46+,47-/m1/s1. The summed E-state index contributed by atoms with van der Waals surface area (Å²) in [6, 6.07) is 39.0. The first-order chi connectivity index (χ1) is 29.7. The third kappa shape index (κ3) is 13.5. The van der Waals surface area contributed by atoms with E-state index in [9.17, 15) is 14.4 Å². The fourth-order valence-electron chi connectivity index (χ4n) is 7.23. The van der Waals surface area contributed by atoms with Gasteiger partial charge in [0.25, 0.3) is 0 Å². The van der Waals surface area contributed by atoms with Gasteiger partial charge in [0.15, 0.2) is 30.9 Å². The van der Waals surface area contributed by atoms with Crippen molar-refractivity contribution >= 4 is 17.9 Å². The van der Waals surface area contributed by atoms with Gasteiger partial charge < -0.3 is 52.1 Å². The number of rotatable bonds is 21. The van der Waals surface area contributed by atoms with Crippen molar-refractivity contribution in [2.24, 2.45) is 0 Å². The fraction of sp³-hybridized carbons (Fsp3) is 0.426. The van der Waals surface area contributed by atoms with E-state index in [1.54, 1.807) is 0 Å². The van der Waals surface area contributed by atoms with E-state index in [-0.39, 0.29) is 33.0 Å². The van der Waals surface area contributed by atoms with E-state index in [0.717, 1.165) is 22.3 Å². The zero-order valence-electron chi connectivity index (χ0n) is 34.8. The van der Waals surface area contributed by atoms with Gasteiger partial charge >= 0.3 is 17.9 Å². The first kappa shape index (κ1) is 45.5. The zero-order valence-corrected chi connectivity index (χ0v) is 34.8. The van der Waals surface area contributed by atoms with Crippen LogP contribution in [0.25, 0.3) is 0 Å². The van der Waals surface area contributed by atoms with Crippen molar-refractivity contribution in [2.45, 2.75) is 109 Å². The van der Waals surface area contributed by atoms with Gasteiger partial charge in [-0.1, -0.05) is 121 Å². The molecule has 0 N–H and O–H groups in total. The summed E-state index contributed by atoms with van der Waals surface area (Å²) >= 11 is 0. The molecular weight excluding hydrogens is 789 g/mol. The molecule has 0 amide bonds. The molecule has 2 aliphatic heterocycles. The van der Waals surface area contributed by atoms with Crippen LogP contribution in [0.5, 0.6) is 0 Å². The molecule has 10 atom stereocenters. The van der Waals surface area contributed by atoms with Crippen molar-refractivity contribution in [3.05, 3.63) is 144 Å². The number of hydrogen-bond acceptors (Lipinski definition) is 14. The van der Waals surface area contributed by atoms with Crippen LogP contribution in [0.15, 0.2) is 121 Å². The van der Waals surface area contributed by atoms with Crippen LogP contribution >= 0.6 is 0 Å². The van der Waals surface area contributed by atoms with Crippen molar-refractivity contribution in [3.63, 3.8) is 0 Å². The largest absolute Gasteiger partial charge is 0.456 e. The average Bonchev–Trinajstić information content (AvgIpc) is 3.61. The van der Waals surface area contributed by atoms with Crippen LogP contribution < -0.4 is 0 Å². The molecular formula is C47H54O14. The van der Waals surface area contributed by atoms with Crippen molar-refractivity contribution < 1.29 is 66.5 Å². The molecule has 0 radical (unpaired) electrons. The van der Waals surface area contributed by atoms with E-state index in [2.05, 4.69) is 0 Å². The fourth-order valence-corrected chi connectivity index (χ4v) is 7.23. The second-order valence-electron chi connectivity index (χ2n) is 14.7. The maximum Gasteiger partial charge on any atom is 0.303 e. The lowest BCUT2D eigenvalue weighted by atomic mass is 9.98. The van der Waals surface area contributed by atoms with Crippen LogP contribution in [0.4, 0.5) is 0 Å². The topological polar surface area (TPSA) is 153 Å². The van der Waals surface area contributed by atoms with Crippen LogP contribution in [0.2, 0.25) is 0 Å². The highest BCUT2D eigenvalue weighted by molar-refractivity contribution is 5.68. The second-order valence-corrected chi connectivity index (χ2v) is 14.7. The highest BCUT2D eigenvalue weighted by atomic mass is 16.8. The Morgan fingerprint density at radius 2 is 0.967 bits per heavy atom. The monoisotopic (exact) mass is 842 g/mol. The molecule has 0 saturated carbocycles. The molecule has 14 nitrogen and oxygen atoms in total. The molecule has 0 unspecified atom stereocenters. The number of ether oxygens (including phenoxy) is 11. The molecule has 0 aromatic heterocycles. The summed E-state index contributed by atoms with van der Waals surface area (Å²) in [4.78, 5) is 37.1. The number of benzene rings is 4. The van der Waals surface area contributed by atoms with Crippen molar-refractivity contribution in [1.29, 1.82) is 0 Å². The SMILES string of the molecule is CO[C@H]1O[C@H](CO[C@@H]2O[C@H]([C@@H](COCc3ccccc3)OCc3ccccc3)[C@H](OCc3ccccc3)[C@H]2OCc2ccccc2)[C@@H](OC(C)=O)[C@H](OC(C)=O)[C@H]1OC(C)=O. The van der Waals surface area contributed by atoms with Gasteiger partial charge in [-0.05, 0) is 22.3 Å². The Morgan fingerprint density at radius 3 is 1.48 bits per heavy atom. The highest BCUT2D eigenvalue weighted by Crippen LogP contribution is 2.35. The van der Waals surface area contributed by atoms with Gasteiger partial charge in [0, 0.05) is 27.9 Å². The zero-order chi connectivity index (χ0) is 43.0. The van der Waals surface area contributed by atoms with E-state index in [0.29, 0.717) is 6.61 Å². The third-order valence-electron chi connectivity index (χ3n) is 10.00. The predicted octanol–water partition coefficient (Wildman–Crippen LogP) is 5.87. The predicted molar refractivity (Wildman–Crippen MR) is 218 cm³/mol. The lowest BCUT2D eigenvalue weighted by Crippen LogP contribution is -2.62. The quantitative estimate of drug-likeness (QED) is 0.0727. The number of carbonyl (C=O) groups excluding carboxylic acids is 3. The van der Waals surface area contributed by atoms with E-state index in [1.165, 1.54) is 27.9 Å². The molecule has 326 valence electrons. The molecule has 2 saturated heterocycles. The molecule has 2 aliphatic rings. The van der Waals surface area contributed by atoms with E-state index in [1.807, 2.05) is 121 Å². The molecule has 6 rings (SSSR count). The molecule has 61 heavy (non-hydrogen) atoms. The van der Waals surface area contributed by atoms with Crippen LogP contribution in [0.1, 0.15) is 43.0 Å². The van der Waals surface area contributed by atoms with Gasteiger partial charge in [0.2, 0.25) is 0 Å². The molecule has 0 bridgehead atoms. The molecule has 4 aromatic carbocycles. The smallest absolute Gasteiger partial charge is 0.303 e. The van der Waals surface area contributed by atoms with Gasteiger partial charge in [-0.15, -0.1) is 0 Å². The Labute approximate surface area is 356 Å². The highest BCUT2D eigenvalue weighted by Gasteiger charge is 2.54. The summed E-state index contributed by atoms with van der Waals surface area (Å²) in [6.45, 7) is 4.43. The Balaban J connectivity index is 1.32. The number of esters is 3. The third-order valence-corrected chi connectivity index (χ3v) is 10.00. The average molecular weight is 843 g/mol. The lowest BCUT2D eigenvalue weighted by molar-refractivity contribution is -0.311. The summed E-state index contributed by atoms with van der Waals surface area (Å²) in [5, 5.41) is 0.